The van der Waals surface area contributed by atoms with E-state index in [0.717, 1.165) is 32.1 Å². The second-order valence-corrected chi connectivity index (χ2v) is 20.6. The Labute approximate surface area is 407 Å². The molecular weight excluding hydrogens is 799 g/mol. The number of carbonyl (C=O) groups excluding carboxylic acids is 1. The van der Waals surface area contributed by atoms with E-state index in [1.807, 2.05) is 6.08 Å². The number of rotatable bonds is 55. The third-order valence-corrected chi connectivity index (χ3v) is 14.0. The van der Waals surface area contributed by atoms with Crippen LogP contribution >= 0.6 is 0 Å². The molecule has 0 radical (unpaired) electrons. The van der Waals surface area contributed by atoms with Gasteiger partial charge in [0.2, 0.25) is 5.91 Å². The van der Waals surface area contributed by atoms with E-state index < -0.39 is 18.2 Å². The Hall–Kier alpha value is -1.17. The summed E-state index contributed by atoms with van der Waals surface area (Å²) in [6, 6.07) is -0.759. The summed E-state index contributed by atoms with van der Waals surface area (Å²) in [6.45, 7) is 4.25. The molecule has 3 unspecified atom stereocenters. The lowest BCUT2D eigenvalue weighted by Gasteiger charge is -2.21. The van der Waals surface area contributed by atoms with Crippen molar-refractivity contribution in [1.82, 2.24) is 5.32 Å². The Bertz CT molecular complexity index is 967. The average Bonchev–Trinajstić information content (AvgIpc) is 3.30. The summed E-state index contributed by atoms with van der Waals surface area (Å²) in [5.74, 6) is -0.318. The second-order valence-electron chi connectivity index (χ2n) is 20.6. The lowest BCUT2D eigenvalue weighted by molar-refractivity contribution is -0.124. The number of hydrogen-bond donors (Lipinski definition) is 4. The number of unbranched alkanes of at least 4 members (excludes halogenated alkanes) is 44. The summed E-state index contributed by atoms with van der Waals surface area (Å²) in [6.07, 6.45) is 71.0. The molecule has 0 aliphatic carbocycles. The first-order chi connectivity index (χ1) is 32.0. The minimum Gasteiger partial charge on any atom is -0.394 e. The monoisotopic (exact) mass is 916 g/mol. The van der Waals surface area contributed by atoms with Gasteiger partial charge in [-0.1, -0.05) is 314 Å². The fraction of sp³-hybridized carbons (Fsp3) is 0.917. The zero-order valence-electron chi connectivity index (χ0n) is 44.1. The van der Waals surface area contributed by atoms with Crippen LogP contribution in [0.25, 0.3) is 0 Å². The van der Waals surface area contributed by atoms with Gasteiger partial charge in [0.15, 0.2) is 0 Å². The summed E-state index contributed by atoms with van der Waals surface area (Å²) in [5, 5.41) is 33.5. The molecule has 1 amide bonds. The topological polar surface area (TPSA) is 89.8 Å². The molecule has 0 saturated heterocycles. The smallest absolute Gasteiger partial charge is 0.222 e. The third kappa shape index (κ3) is 52.1. The molecule has 5 nitrogen and oxygen atoms in total. The number of amides is 1. The van der Waals surface area contributed by atoms with Gasteiger partial charge in [0.25, 0.3) is 0 Å². The van der Waals surface area contributed by atoms with Crippen LogP contribution in [-0.2, 0) is 4.79 Å². The van der Waals surface area contributed by atoms with E-state index in [1.165, 1.54) is 270 Å². The molecule has 0 aromatic heterocycles. The standard InChI is InChI=1S/C60H117NO4/c1-3-5-7-9-11-13-15-17-19-21-23-25-27-28-29-30-32-33-35-37-39-41-43-45-47-49-51-53-57(63)55-60(65)61-58(56-62)59(64)54-52-50-48-46-44-42-40-38-36-34-31-26-24-22-20-18-16-14-12-10-8-6-4-2/h44,46,52,54,57-59,62-64H,3-43,45,47-51,53,55-56H2,1-2H3,(H,61,65)/b46-44+,54-52+. The summed E-state index contributed by atoms with van der Waals surface area (Å²) in [5.41, 5.74) is 0. The van der Waals surface area contributed by atoms with Crippen LogP contribution in [0, 0.1) is 0 Å². The zero-order chi connectivity index (χ0) is 47.2. The molecule has 0 saturated carbocycles. The van der Waals surface area contributed by atoms with Crippen molar-refractivity contribution in [2.24, 2.45) is 0 Å². The summed E-state index contributed by atoms with van der Waals surface area (Å²) >= 11 is 0. The highest BCUT2D eigenvalue weighted by atomic mass is 16.3. The molecule has 0 heterocycles. The van der Waals surface area contributed by atoms with Crippen LogP contribution in [0.5, 0.6) is 0 Å². The molecule has 0 aromatic carbocycles. The van der Waals surface area contributed by atoms with Gasteiger partial charge in [-0.25, -0.2) is 0 Å². The number of allylic oxidation sites excluding steroid dienone is 3. The first kappa shape index (κ1) is 63.8. The van der Waals surface area contributed by atoms with Crippen LogP contribution in [0.2, 0.25) is 0 Å². The minimum atomic E-state index is -0.950. The van der Waals surface area contributed by atoms with Crippen molar-refractivity contribution in [1.29, 1.82) is 0 Å². The first-order valence-corrected chi connectivity index (χ1v) is 29.6. The van der Waals surface area contributed by atoms with Gasteiger partial charge in [0.05, 0.1) is 31.3 Å². The van der Waals surface area contributed by atoms with E-state index in [4.69, 9.17) is 0 Å². The summed E-state index contributed by atoms with van der Waals surface area (Å²) in [7, 11) is 0. The van der Waals surface area contributed by atoms with Crippen molar-refractivity contribution < 1.29 is 20.1 Å². The maximum atomic E-state index is 12.5. The molecule has 0 aliphatic rings. The highest BCUT2D eigenvalue weighted by Gasteiger charge is 2.20. The molecule has 0 aliphatic heterocycles. The van der Waals surface area contributed by atoms with E-state index in [2.05, 4.69) is 31.3 Å². The summed E-state index contributed by atoms with van der Waals surface area (Å²) < 4.78 is 0. The van der Waals surface area contributed by atoms with E-state index in [9.17, 15) is 20.1 Å². The van der Waals surface area contributed by atoms with Gasteiger partial charge in [-0.3, -0.25) is 4.79 Å². The summed E-state index contributed by atoms with van der Waals surface area (Å²) in [4.78, 5) is 12.5. The molecule has 4 N–H and O–H groups in total. The van der Waals surface area contributed by atoms with Gasteiger partial charge in [0, 0.05) is 0 Å². The highest BCUT2D eigenvalue weighted by molar-refractivity contribution is 5.76. The molecule has 3 atom stereocenters. The van der Waals surface area contributed by atoms with Gasteiger partial charge in [-0.05, 0) is 32.1 Å². The number of hydrogen-bond acceptors (Lipinski definition) is 4. The van der Waals surface area contributed by atoms with Gasteiger partial charge < -0.3 is 20.6 Å². The fourth-order valence-corrected chi connectivity index (χ4v) is 9.48. The fourth-order valence-electron chi connectivity index (χ4n) is 9.48. The molecule has 0 rings (SSSR count). The van der Waals surface area contributed by atoms with Crippen LogP contribution < -0.4 is 5.32 Å². The number of aliphatic hydroxyl groups excluding tert-OH is 3. The number of aliphatic hydroxyl groups is 3. The van der Waals surface area contributed by atoms with E-state index in [0.29, 0.717) is 6.42 Å². The SMILES string of the molecule is CCCCCCCCCCCCCCCCCCC/C=C/CC/C=C/C(O)C(CO)NC(=O)CC(O)CCCCCCCCCCCCCCCCCCCCCCCCCCCCC. The first-order valence-electron chi connectivity index (χ1n) is 29.6. The number of nitrogens with one attached hydrogen (secondary N) is 1. The van der Waals surface area contributed by atoms with Crippen LogP contribution in [0.1, 0.15) is 328 Å². The number of carbonyl (C=O) groups is 1. The quantitative estimate of drug-likeness (QED) is 0.0361. The normalized spacial score (nSPS) is 13.4. The predicted molar refractivity (Wildman–Crippen MR) is 287 cm³/mol. The van der Waals surface area contributed by atoms with Gasteiger partial charge in [-0.15, -0.1) is 0 Å². The van der Waals surface area contributed by atoms with Crippen molar-refractivity contribution in [3.8, 4) is 0 Å². The van der Waals surface area contributed by atoms with Crippen molar-refractivity contribution in [2.75, 3.05) is 6.61 Å². The van der Waals surface area contributed by atoms with Crippen molar-refractivity contribution in [2.45, 2.75) is 347 Å². The zero-order valence-corrected chi connectivity index (χ0v) is 44.1. The molecule has 65 heavy (non-hydrogen) atoms. The Morgan fingerprint density at radius 1 is 0.385 bits per heavy atom. The average molecular weight is 917 g/mol. The molecule has 0 spiro atoms. The van der Waals surface area contributed by atoms with Gasteiger partial charge in [-0.2, -0.15) is 0 Å². The van der Waals surface area contributed by atoms with Crippen LogP contribution in [-0.4, -0.2) is 46.1 Å². The van der Waals surface area contributed by atoms with Crippen molar-refractivity contribution in [3.05, 3.63) is 24.3 Å². The maximum absolute atomic E-state index is 12.5. The van der Waals surface area contributed by atoms with Gasteiger partial charge >= 0.3 is 0 Å². The molecule has 0 aromatic rings. The van der Waals surface area contributed by atoms with Crippen LogP contribution in [0.15, 0.2) is 24.3 Å². The van der Waals surface area contributed by atoms with E-state index in [-0.39, 0.29) is 18.9 Å². The molecule has 5 heteroatoms. The Balaban J connectivity index is 3.55. The molecule has 0 fully saturated rings. The Morgan fingerprint density at radius 2 is 0.662 bits per heavy atom. The maximum Gasteiger partial charge on any atom is 0.222 e. The Morgan fingerprint density at radius 3 is 0.985 bits per heavy atom. The van der Waals surface area contributed by atoms with Crippen LogP contribution in [0.4, 0.5) is 0 Å². The second kappa shape index (κ2) is 55.4. The largest absolute Gasteiger partial charge is 0.394 e. The Kier molecular flexibility index (Phi) is 54.4. The lowest BCUT2D eigenvalue weighted by Crippen LogP contribution is -2.45. The van der Waals surface area contributed by atoms with E-state index in [1.54, 1.807) is 6.08 Å². The lowest BCUT2D eigenvalue weighted by atomic mass is 10.0. The van der Waals surface area contributed by atoms with Crippen LogP contribution in [0.3, 0.4) is 0 Å². The highest BCUT2D eigenvalue weighted by Crippen LogP contribution is 2.18. The minimum absolute atomic E-state index is 0.0106. The molecular formula is C60H117NO4. The van der Waals surface area contributed by atoms with Crippen molar-refractivity contribution in [3.63, 3.8) is 0 Å². The van der Waals surface area contributed by atoms with Crippen molar-refractivity contribution >= 4 is 5.91 Å². The van der Waals surface area contributed by atoms with E-state index >= 15 is 0 Å². The molecule has 386 valence electrons. The molecule has 0 bridgehead atoms. The third-order valence-electron chi connectivity index (χ3n) is 14.0. The predicted octanol–water partition coefficient (Wildman–Crippen LogP) is 18.5. The van der Waals surface area contributed by atoms with Gasteiger partial charge in [0.1, 0.15) is 0 Å².